The summed E-state index contributed by atoms with van der Waals surface area (Å²) in [7, 11) is 0. The van der Waals surface area contributed by atoms with Crippen LogP contribution in [0.25, 0.3) is 0 Å². The highest BCUT2D eigenvalue weighted by molar-refractivity contribution is 6.02. The Bertz CT molecular complexity index is 941. The van der Waals surface area contributed by atoms with Crippen LogP contribution in [0, 0.1) is 0 Å². The van der Waals surface area contributed by atoms with Gasteiger partial charge in [-0.3, -0.25) is 4.79 Å². The maximum atomic E-state index is 12.3. The Labute approximate surface area is 184 Å². The van der Waals surface area contributed by atoms with Crippen LogP contribution >= 0.6 is 0 Å². The molecule has 0 bridgehead atoms. The van der Waals surface area contributed by atoms with Crippen LogP contribution in [0.5, 0.6) is 0 Å². The maximum absolute atomic E-state index is 12.3. The quantitative estimate of drug-likeness (QED) is 0.406. The highest BCUT2D eigenvalue weighted by atomic mass is 16.6. The van der Waals surface area contributed by atoms with Crippen molar-refractivity contribution < 1.29 is 14.4 Å². The molecule has 31 heavy (non-hydrogen) atoms. The Balaban J connectivity index is 1.41. The minimum absolute atomic E-state index is 0.266. The van der Waals surface area contributed by atoms with Gasteiger partial charge in [0.15, 0.2) is 0 Å². The fourth-order valence-electron chi connectivity index (χ4n) is 4.78. The zero-order valence-electron chi connectivity index (χ0n) is 18.3. The van der Waals surface area contributed by atoms with Gasteiger partial charge in [-0.05, 0) is 68.1 Å². The number of fused-ring (bicyclic) bond motifs is 1. The van der Waals surface area contributed by atoms with Gasteiger partial charge in [-0.25, -0.2) is 0 Å². The van der Waals surface area contributed by atoms with Gasteiger partial charge in [0.1, 0.15) is 12.1 Å². The van der Waals surface area contributed by atoms with Crippen LogP contribution < -0.4 is 5.73 Å². The lowest BCUT2D eigenvalue weighted by Gasteiger charge is -2.23. The van der Waals surface area contributed by atoms with Crippen molar-refractivity contribution in [2.75, 3.05) is 13.2 Å². The average Bonchev–Trinajstić information content (AvgIpc) is 3.21. The molecule has 0 radical (unpaired) electrons. The predicted octanol–water partition coefficient (Wildman–Crippen LogP) is 4.51. The third-order valence-electron chi connectivity index (χ3n) is 6.50. The standard InChI is InChI=1S/C26H32N2O3/c1-2-30-25(29)26(27)15-13-22(18-26)20-11-12-23-21(17-20)9-6-10-24(23)28-31-16-14-19-7-4-3-5-8-19/h3-5,7-8,11-12,17,22H,2,6,9-10,13-16,18,27H2,1H3/b28-24+. The molecule has 0 heterocycles. The number of benzene rings is 2. The molecule has 0 aromatic heterocycles. The number of hydrogen-bond acceptors (Lipinski definition) is 5. The van der Waals surface area contributed by atoms with Gasteiger partial charge in [-0.2, -0.15) is 0 Å². The highest BCUT2D eigenvalue weighted by Gasteiger charge is 2.43. The van der Waals surface area contributed by atoms with E-state index < -0.39 is 5.54 Å². The molecule has 2 unspecified atom stereocenters. The summed E-state index contributed by atoms with van der Waals surface area (Å²) in [5.41, 5.74) is 11.6. The predicted molar refractivity (Wildman–Crippen MR) is 122 cm³/mol. The first-order chi connectivity index (χ1) is 15.1. The summed E-state index contributed by atoms with van der Waals surface area (Å²) in [6.45, 7) is 2.77. The van der Waals surface area contributed by atoms with Gasteiger partial charge in [0.05, 0.1) is 12.3 Å². The topological polar surface area (TPSA) is 73.9 Å². The minimum Gasteiger partial charge on any atom is -0.465 e. The van der Waals surface area contributed by atoms with Crippen molar-refractivity contribution in [2.24, 2.45) is 10.9 Å². The van der Waals surface area contributed by atoms with E-state index in [1.807, 2.05) is 25.1 Å². The summed E-state index contributed by atoms with van der Waals surface area (Å²) in [6, 6.07) is 17.0. The number of oxime groups is 1. The van der Waals surface area contributed by atoms with Crippen molar-refractivity contribution in [2.45, 2.75) is 63.3 Å². The Hall–Kier alpha value is -2.66. The Morgan fingerprint density at radius 2 is 2.03 bits per heavy atom. The summed E-state index contributed by atoms with van der Waals surface area (Å²) < 4.78 is 5.20. The Kier molecular flexibility index (Phi) is 6.71. The van der Waals surface area contributed by atoms with E-state index in [4.69, 9.17) is 15.3 Å². The highest BCUT2D eigenvalue weighted by Crippen LogP contribution is 2.41. The van der Waals surface area contributed by atoms with Gasteiger partial charge < -0.3 is 15.3 Å². The molecular weight excluding hydrogens is 388 g/mol. The van der Waals surface area contributed by atoms with E-state index in [0.29, 0.717) is 32.0 Å². The van der Waals surface area contributed by atoms with Gasteiger partial charge in [0.2, 0.25) is 0 Å². The number of nitrogens with two attached hydrogens (primary N) is 1. The normalized spacial score (nSPS) is 24.1. The Morgan fingerprint density at radius 3 is 2.84 bits per heavy atom. The lowest BCUT2D eigenvalue weighted by molar-refractivity contribution is -0.149. The molecular formula is C26H32N2O3. The van der Waals surface area contributed by atoms with Crippen LogP contribution in [0.4, 0.5) is 0 Å². The first-order valence-electron chi connectivity index (χ1n) is 11.4. The SMILES string of the molecule is CCOC(=O)C1(N)CCC(c2ccc3c(c2)CCC/C3=N\OCCc2ccccc2)C1. The number of ether oxygens (including phenoxy) is 1. The van der Waals surface area contributed by atoms with E-state index in [-0.39, 0.29) is 5.97 Å². The van der Waals surface area contributed by atoms with E-state index in [2.05, 4.69) is 35.5 Å². The first-order valence-corrected chi connectivity index (χ1v) is 11.4. The van der Waals surface area contributed by atoms with Gasteiger partial charge in [-0.15, -0.1) is 0 Å². The molecule has 0 spiro atoms. The molecule has 1 saturated carbocycles. The van der Waals surface area contributed by atoms with Crippen LogP contribution in [-0.2, 0) is 27.2 Å². The lowest BCUT2D eigenvalue weighted by Crippen LogP contribution is -2.46. The van der Waals surface area contributed by atoms with E-state index in [9.17, 15) is 4.79 Å². The van der Waals surface area contributed by atoms with Crippen LogP contribution in [0.1, 0.15) is 67.2 Å². The van der Waals surface area contributed by atoms with E-state index in [1.165, 1.54) is 22.3 Å². The number of nitrogens with zero attached hydrogens (tertiary/aromatic N) is 1. The summed E-state index contributed by atoms with van der Waals surface area (Å²) in [5, 5.41) is 4.47. The lowest BCUT2D eigenvalue weighted by atomic mass is 9.85. The van der Waals surface area contributed by atoms with Crippen LogP contribution in [0.15, 0.2) is 53.7 Å². The fraction of sp³-hybridized carbons (Fsp3) is 0.462. The van der Waals surface area contributed by atoms with Crippen molar-refractivity contribution in [1.82, 2.24) is 0 Å². The van der Waals surface area contributed by atoms with E-state index in [0.717, 1.165) is 37.8 Å². The minimum atomic E-state index is -0.851. The van der Waals surface area contributed by atoms with Crippen LogP contribution in [0.3, 0.4) is 0 Å². The second kappa shape index (κ2) is 9.65. The van der Waals surface area contributed by atoms with E-state index >= 15 is 0 Å². The summed E-state index contributed by atoms with van der Waals surface area (Å²) in [4.78, 5) is 17.9. The number of carbonyl (C=O) groups excluding carboxylic acids is 1. The Morgan fingerprint density at radius 1 is 1.19 bits per heavy atom. The second-order valence-electron chi connectivity index (χ2n) is 8.69. The molecule has 4 rings (SSSR count). The maximum Gasteiger partial charge on any atom is 0.326 e. The smallest absolute Gasteiger partial charge is 0.326 e. The summed E-state index contributed by atoms with van der Waals surface area (Å²) >= 11 is 0. The number of rotatable bonds is 7. The zero-order chi connectivity index (χ0) is 21.7. The monoisotopic (exact) mass is 420 g/mol. The fourth-order valence-corrected chi connectivity index (χ4v) is 4.78. The molecule has 5 heteroatoms. The number of esters is 1. The van der Waals surface area contributed by atoms with Crippen molar-refractivity contribution in [3.05, 3.63) is 70.8 Å². The average molecular weight is 421 g/mol. The van der Waals surface area contributed by atoms with Crippen molar-refractivity contribution in [3.8, 4) is 0 Å². The zero-order valence-corrected chi connectivity index (χ0v) is 18.3. The molecule has 2 aromatic carbocycles. The number of carbonyl (C=O) groups is 1. The van der Waals surface area contributed by atoms with Crippen LogP contribution in [-0.4, -0.2) is 30.4 Å². The van der Waals surface area contributed by atoms with Gasteiger partial charge >= 0.3 is 5.97 Å². The molecule has 1 fully saturated rings. The van der Waals surface area contributed by atoms with Crippen LogP contribution in [0.2, 0.25) is 0 Å². The largest absolute Gasteiger partial charge is 0.465 e. The molecule has 2 atom stereocenters. The molecule has 0 saturated heterocycles. The third-order valence-corrected chi connectivity index (χ3v) is 6.50. The van der Waals surface area contributed by atoms with Gasteiger partial charge in [-0.1, -0.05) is 53.7 Å². The summed E-state index contributed by atoms with van der Waals surface area (Å²) in [6.07, 6.45) is 6.15. The van der Waals surface area contributed by atoms with E-state index in [1.54, 1.807) is 0 Å². The first kappa shape index (κ1) is 21.6. The third kappa shape index (κ3) is 4.99. The molecule has 2 aromatic rings. The van der Waals surface area contributed by atoms with Crippen molar-refractivity contribution in [3.63, 3.8) is 0 Å². The molecule has 164 valence electrons. The van der Waals surface area contributed by atoms with Crippen molar-refractivity contribution >= 4 is 11.7 Å². The van der Waals surface area contributed by atoms with Gasteiger partial charge in [0, 0.05) is 12.0 Å². The van der Waals surface area contributed by atoms with Gasteiger partial charge in [0.25, 0.3) is 0 Å². The number of hydrogen-bond donors (Lipinski definition) is 1. The summed E-state index contributed by atoms with van der Waals surface area (Å²) in [5.74, 6) is 0.0293. The molecule has 2 aliphatic carbocycles. The second-order valence-corrected chi connectivity index (χ2v) is 8.69. The molecule has 2 N–H and O–H groups in total. The van der Waals surface area contributed by atoms with Crippen molar-refractivity contribution in [1.29, 1.82) is 0 Å². The molecule has 0 amide bonds. The molecule has 0 aliphatic heterocycles. The number of aryl methyl sites for hydroxylation is 1. The molecule has 5 nitrogen and oxygen atoms in total. The molecule has 2 aliphatic rings.